The molecular weight excluding hydrogens is 250 g/mol. The van der Waals surface area contributed by atoms with Gasteiger partial charge in [-0.25, -0.2) is 8.78 Å². The monoisotopic (exact) mass is 270 g/mol. The van der Waals surface area contributed by atoms with Crippen molar-refractivity contribution in [3.8, 4) is 0 Å². The van der Waals surface area contributed by atoms with Crippen molar-refractivity contribution in [2.75, 3.05) is 6.61 Å². The van der Waals surface area contributed by atoms with E-state index in [1.54, 1.807) is 0 Å². The van der Waals surface area contributed by atoms with Crippen LogP contribution in [0.3, 0.4) is 0 Å². The molecule has 0 amide bonds. The molecular formula is C15H20F2O2. The smallest absolute Gasteiger partial charge is 0.164 e. The third kappa shape index (κ3) is 3.74. The van der Waals surface area contributed by atoms with Crippen molar-refractivity contribution in [2.24, 2.45) is 5.92 Å². The number of hydrogen-bond acceptors (Lipinski definition) is 2. The molecule has 1 aromatic carbocycles. The zero-order valence-electron chi connectivity index (χ0n) is 11.1. The van der Waals surface area contributed by atoms with Crippen molar-refractivity contribution in [1.82, 2.24) is 0 Å². The van der Waals surface area contributed by atoms with E-state index in [0.717, 1.165) is 25.3 Å². The normalized spacial score (nSPS) is 25.3. The van der Waals surface area contributed by atoms with Gasteiger partial charge in [0.1, 0.15) is 6.10 Å². The van der Waals surface area contributed by atoms with Crippen LogP contribution in [0.5, 0.6) is 0 Å². The Bertz CT molecular complexity index is 423. The molecule has 3 atom stereocenters. The van der Waals surface area contributed by atoms with Crippen LogP contribution in [0.4, 0.5) is 8.78 Å². The third-order valence-corrected chi connectivity index (χ3v) is 3.72. The summed E-state index contributed by atoms with van der Waals surface area (Å²) in [6, 6.07) is 3.81. The number of rotatable bonds is 4. The van der Waals surface area contributed by atoms with E-state index in [4.69, 9.17) is 4.74 Å². The molecule has 1 saturated carbocycles. The minimum Gasteiger partial charge on any atom is -0.386 e. The summed E-state index contributed by atoms with van der Waals surface area (Å²) in [4.78, 5) is 0. The van der Waals surface area contributed by atoms with Crippen LogP contribution in [0.15, 0.2) is 18.2 Å². The van der Waals surface area contributed by atoms with E-state index in [1.165, 1.54) is 18.6 Å². The number of ether oxygens (including phenoxy) is 1. The standard InChI is InChI=1S/C15H20F2O2/c1-10-4-2-5-11(8-10)19-9-14(18)12-6-3-7-13(16)15(12)17/h3,6-7,10-11,14,18H,2,4-5,8-9H2,1H3. The Labute approximate surface area is 112 Å². The average molecular weight is 270 g/mol. The Kier molecular flexibility index (Phi) is 4.88. The van der Waals surface area contributed by atoms with Gasteiger partial charge in [-0.05, 0) is 24.8 Å². The summed E-state index contributed by atoms with van der Waals surface area (Å²) >= 11 is 0. The Morgan fingerprint density at radius 3 is 2.89 bits per heavy atom. The molecule has 1 aromatic rings. The summed E-state index contributed by atoms with van der Waals surface area (Å²) in [7, 11) is 0. The highest BCUT2D eigenvalue weighted by Gasteiger charge is 2.22. The maximum atomic E-state index is 13.5. The van der Waals surface area contributed by atoms with Crippen molar-refractivity contribution in [1.29, 1.82) is 0 Å². The van der Waals surface area contributed by atoms with Crippen LogP contribution in [-0.4, -0.2) is 17.8 Å². The van der Waals surface area contributed by atoms with Gasteiger partial charge in [-0.15, -0.1) is 0 Å². The van der Waals surface area contributed by atoms with E-state index in [9.17, 15) is 13.9 Å². The van der Waals surface area contributed by atoms with Gasteiger partial charge >= 0.3 is 0 Å². The van der Waals surface area contributed by atoms with E-state index in [0.29, 0.717) is 5.92 Å². The summed E-state index contributed by atoms with van der Waals surface area (Å²) in [6.45, 7) is 2.19. The first kappa shape index (κ1) is 14.4. The van der Waals surface area contributed by atoms with Gasteiger partial charge in [-0.3, -0.25) is 0 Å². The quantitative estimate of drug-likeness (QED) is 0.906. The largest absolute Gasteiger partial charge is 0.386 e. The zero-order valence-corrected chi connectivity index (χ0v) is 11.1. The lowest BCUT2D eigenvalue weighted by Gasteiger charge is -2.27. The molecule has 1 aliphatic rings. The summed E-state index contributed by atoms with van der Waals surface area (Å²) in [5, 5.41) is 9.89. The maximum Gasteiger partial charge on any atom is 0.164 e. The van der Waals surface area contributed by atoms with Crippen LogP contribution < -0.4 is 0 Å². The maximum absolute atomic E-state index is 13.5. The molecule has 0 spiro atoms. The van der Waals surface area contributed by atoms with Crippen LogP contribution in [0.25, 0.3) is 0 Å². The molecule has 3 unspecified atom stereocenters. The van der Waals surface area contributed by atoms with Gasteiger partial charge < -0.3 is 9.84 Å². The van der Waals surface area contributed by atoms with Crippen molar-refractivity contribution in [3.63, 3.8) is 0 Å². The van der Waals surface area contributed by atoms with Crippen molar-refractivity contribution in [2.45, 2.75) is 44.8 Å². The van der Waals surface area contributed by atoms with Crippen LogP contribution >= 0.6 is 0 Å². The summed E-state index contributed by atoms with van der Waals surface area (Å²) in [5.74, 6) is -1.31. The fourth-order valence-electron chi connectivity index (χ4n) is 2.62. The molecule has 0 aromatic heterocycles. The molecule has 0 saturated heterocycles. The van der Waals surface area contributed by atoms with Crippen LogP contribution in [0, 0.1) is 17.6 Å². The second-order valence-corrected chi connectivity index (χ2v) is 5.39. The third-order valence-electron chi connectivity index (χ3n) is 3.72. The van der Waals surface area contributed by atoms with Gasteiger partial charge in [-0.1, -0.05) is 31.9 Å². The minimum absolute atomic E-state index is 0.0117. The van der Waals surface area contributed by atoms with Crippen molar-refractivity contribution in [3.05, 3.63) is 35.4 Å². The predicted molar refractivity (Wildman–Crippen MR) is 68.7 cm³/mol. The van der Waals surface area contributed by atoms with E-state index in [2.05, 4.69) is 6.92 Å². The lowest BCUT2D eigenvalue weighted by molar-refractivity contribution is -0.0332. The van der Waals surface area contributed by atoms with E-state index < -0.39 is 17.7 Å². The minimum atomic E-state index is -1.12. The number of benzene rings is 1. The SMILES string of the molecule is CC1CCCC(OCC(O)c2cccc(F)c2F)C1. The van der Waals surface area contributed by atoms with Crippen LogP contribution in [0.2, 0.25) is 0 Å². The molecule has 106 valence electrons. The Balaban J connectivity index is 1.90. The zero-order chi connectivity index (χ0) is 13.8. The summed E-state index contributed by atoms with van der Waals surface area (Å²) < 4.78 is 32.2. The fourth-order valence-corrected chi connectivity index (χ4v) is 2.62. The van der Waals surface area contributed by atoms with Crippen molar-refractivity contribution < 1.29 is 18.6 Å². The lowest BCUT2D eigenvalue weighted by Crippen LogP contribution is -2.24. The predicted octanol–water partition coefficient (Wildman–Crippen LogP) is 3.59. The van der Waals surface area contributed by atoms with Gasteiger partial charge in [0.05, 0.1) is 12.7 Å². The molecule has 0 radical (unpaired) electrons. The molecule has 1 N–H and O–H groups in total. The fraction of sp³-hybridized carbons (Fsp3) is 0.600. The van der Waals surface area contributed by atoms with Gasteiger partial charge in [0.15, 0.2) is 11.6 Å². The topological polar surface area (TPSA) is 29.5 Å². The molecule has 1 aliphatic carbocycles. The molecule has 0 bridgehead atoms. The first-order valence-corrected chi connectivity index (χ1v) is 6.81. The number of hydrogen-bond donors (Lipinski definition) is 1. The molecule has 4 heteroatoms. The van der Waals surface area contributed by atoms with Gasteiger partial charge in [0.25, 0.3) is 0 Å². The number of aliphatic hydroxyl groups excluding tert-OH is 1. The summed E-state index contributed by atoms with van der Waals surface area (Å²) in [6.07, 6.45) is 3.28. The number of aliphatic hydroxyl groups is 1. The van der Waals surface area contributed by atoms with Gasteiger partial charge in [0, 0.05) is 5.56 Å². The highest BCUT2D eigenvalue weighted by molar-refractivity contribution is 5.21. The molecule has 2 nitrogen and oxygen atoms in total. The van der Waals surface area contributed by atoms with Crippen molar-refractivity contribution >= 4 is 0 Å². The summed E-state index contributed by atoms with van der Waals surface area (Å²) in [5.41, 5.74) is -0.0381. The van der Waals surface area contributed by atoms with Gasteiger partial charge in [-0.2, -0.15) is 0 Å². The molecule has 1 fully saturated rings. The van der Waals surface area contributed by atoms with Crippen LogP contribution in [-0.2, 0) is 4.74 Å². The number of halogens is 2. The van der Waals surface area contributed by atoms with Crippen LogP contribution in [0.1, 0.15) is 44.3 Å². The molecule has 19 heavy (non-hydrogen) atoms. The highest BCUT2D eigenvalue weighted by atomic mass is 19.2. The van der Waals surface area contributed by atoms with E-state index in [1.807, 2.05) is 0 Å². The average Bonchev–Trinajstić information content (AvgIpc) is 2.39. The Morgan fingerprint density at radius 2 is 2.16 bits per heavy atom. The molecule has 0 aliphatic heterocycles. The highest BCUT2D eigenvalue weighted by Crippen LogP contribution is 2.27. The first-order chi connectivity index (χ1) is 9.08. The van der Waals surface area contributed by atoms with E-state index in [-0.39, 0.29) is 18.3 Å². The van der Waals surface area contributed by atoms with E-state index >= 15 is 0 Å². The second-order valence-electron chi connectivity index (χ2n) is 5.39. The molecule has 0 heterocycles. The Morgan fingerprint density at radius 1 is 1.37 bits per heavy atom. The first-order valence-electron chi connectivity index (χ1n) is 6.81. The molecule has 2 rings (SSSR count). The Hall–Kier alpha value is -1.00. The second kappa shape index (κ2) is 6.44. The van der Waals surface area contributed by atoms with Gasteiger partial charge in [0.2, 0.25) is 0 Å². The lowest BCUT2D eigenvalue weighted by atomic mass is 9.89.